The molecule has 1 aromatic rings. The molecule has 0 saturated carbocycles. The van der Waals surface area contributed by atoms with Gasteiger partial charge in [-0.2, -0.15) is 0 Å². The molecule has 0 aromatic heterocycles. The Labute approximate surface area is 128 Å². The van der Waals surface area contributed by atoms with Crippen LogP contribution in [0.4, 0.5) is 5.69 Å². The van der Waals surface area contributed by atoms with Gasteiger partial charge in [0.25, 0.3) is 5.91 Å². The topological polar surface area (TPSA) is 54.9 Å². The summed E-state index contributed by atoms with van der Waals surface area (Å²) >= 11 is 0. The van der Waals surface area contributed by atoms with Gasteiger partial charge >= 0.3 is 0 Å². The summed E-state index contributed by atoms with van der Waals surface area (Å²) < 4.78 is 5.08. The van der Waals surface area contributed by atoms with Gasteiger partial charge in [-0.05, 0) is 37.0 Å². The van der Waals surface area contributed by atoms with Crippen molar-refractivity contribution in [1.82, 2.24) is 0 Å². The Bertz CT molecular complexity index is 449. The van der Waals surface area contributed by atoms with Gasteiger partial charge < -0.3 is 15.4 Å². The van der Waals surface area contributed by atoms with E-state index in [4.69, 9.17) is 4.74 Å². The van der Waals surface area contributed by atoms with Crippen molar-refractivity contribution in [3.8, 4) is 0 Å². The highest BCUT2D eigenvalue weighted by Crippen LogP contribution is 2.23. The number of hydrogen-bond donors (Lipinski definition) is 2. The molecule has 3 N–H and O–H groups in total. The van der Waals surface area contributed by atoms with Crippen LogP contribution in [0.2, 0.25) is 0 Å². The first kappa shape index (κ1) is 17.7. The molecule has 2 atom stereocenters. The number of benzene rings is 1. The quantitative estimate of drug-likeness (QED) is 0.842. The van der Waals surface area contributed by atoms with Crippen LogP contribution in [0.5, 0.6) is 0 Å². The van der Waals surface area contributed by atoms with Crippen molar-refractivity contribution >= 4 is 11.6 Å². The molecular weight excluding hydrogens is 264 g/mol. The summed E-state index contributed by atoms with van der Waals surface area (Å²) in [5.41, 5.74) is 2.22. The highest BCUT2D eigenvalue weighted by Gasteiger charge is 2.19. The number of nitrogens with one attached hydrogen (secondary N) is 1. The lowest BCUT2D eigenvalue weighted by molar-refractivity contribution is -0.704. The number of methoxy groups -OCH3 is 1. The molecule has 1 rings (SSSR count). The maximum absolute atomic E-state index is 12.2. The fourth-order valence-corrected chi connectivity index (χ4v) is 2.21. The molecule has 21 heavy (non-hydrogen) atoms. The standard InChI is InChI=1S/C17H28N2O2/c1-12(11-21-6)18-13(2)16(20)19-15-9-7-14(8-10-15)17(3,4)5/h7-10,12-13,18H,11H2,1-6H3,(H,19,20)/p+1/t12-,13-/m1/s1. The van der Waals surface area contributed by atoms with Gasteiger partial charge in [0.2, 0.25) is 0 Å². The summed E-state index contributed by atoms with van der Waals surface area (Å²) in [5.74, 6) is 0.0152. The third-order valence-corrected chi connectivity index (χ3v) is 3.48. The molecule has 0 aliphatic heterocycles. The lowest BCUT2D eigenvalue weighted by Crippen LogP contribution is -2.96. The summed E-state index contributed by atoms with van der Waals surface area (Å²) in [4.78, 5) is 12.2. The minimum absolute atomic E-state index is 0.0152. The van der Waals surface area contributed by atoms with Crippen LogP contribution < -0.4 is 10.6 Å². The second-order valence-electron chi connectivity index (χ2n) is 6.73. The van der Waals surface area contributed by atoms with Gasteiger partial charge in [-0.25, -0.2) is 0 Å². The van der Waals surface area contributed by atoms with Crippen LogP contribution in [-0.4, -0.2) is 31.7 Å². The molecular formula is C17H29N2O2+. The number of hydrogen-bond acceptors (Lipinski definition) is 2. The number of amides is 1. The normalized spacial score (nSPS) is 14.6. The van der Waals surface area contributed by atoms with Crippen LogP contribution in [0.15, 0.2) is 24.3 Å². The molecule has 0 saturated heterocycles. The summed E-state index contributed by atoms with van der Waals surface area (Å²) in [6.07, 6.45) is 0. The molecule has 0 radical (unpaired) electrons. The molecule has 0 heterocycles. The Balaban J connectivity index is 2.58. The second kappa shape index (κ2) is 7.57. The van der Waals surface area contributed by atoms with E-state index in [0.717, 1.165) is 5.69 Å². The zero-order valence-electron chi connectivity index (χ0n) is 14.1. The molecule has 4 heteroatoms. The number of ether oxygens (including phenoxy) is 1. The number of carbonyl (C=O) groups is 1. The second-order valence-corrected chi connectivity index (χ2v) is 6.73. The van der Waals surface area contributed by atoms with Crippen molar-refractivity contribution in [2.24, 2.45) is 0 Å². The minimum atomic E-state index is -0.141. The number of quaternary nitrogens is 1. The summed E-state index contributed by atoms with van der Waals surface area (Å²) in [6.45, 7) is 11.1. The van der Waals surface area contributed by atoms with Crippen molar-refractivity contribution in [3.05, 3.63) is 29.8 Å². The maximum atomic E-state index is 12.2. The molecule has 4 nitrogen and oxygen atoms in total. The highest BCUT2D eigenvalue weighted by atomic mass is 16.5. The van der Waals surface area contributed by atoms with Gasteiger partial charge in [-0.1, -0.05) is 32.9 Å². The predicted octanol–water partition coefficient (Wildman–Crippen LogP) is 1.91. The zero-order valence-corrected chi connectivity index (χ0v) is 14.1. The van der Waals surface area contributed by atoms with Crippen molar-refractivity contribution in [3.63, 3.8) is 0 Å². The van der Waals surface area contributed by atoms with Crippen molar-refractivity contribution in [2.75, 3.05) is 19.0 Å². The van der Waals surface area contributed by atoms with Gasteiger partial charge in [0.15, 0.2) is 6.04 Å². The molecule has 0 unspecified atom stereocenters. The first-order valence-corrected chi connectivity index (χ1v) is 7.49. The van der Waals surface area contributed by atoms with E-state index in [1.54, 1.807) is 7.11 Å². The van der Waals surface area contributed by atoms with Crippen LogP contribution in [0.25, 0.3) is 0 Å². The summed E-state index contributed by atoms with van der Waals surface area (Å²) in [6, 6.07) is 8.18. The van der Waals surface area contributed by atoms with E-state index in [2.05, 4.69) is 38.2 Å². The monoisotopic (exact) mass is 293 g/mol. The largest absolute Gasteiger partial charge is 0.379 e. The lowest BCUT2D eigenvalue weighted by Gasteiger charge is -2.19. The first-order chi connectivity index (χ1) is 9.74. The van der Waals surface area contributed by atoms with Gasteiger partial charge in [-0.3, -0.25) is 4.79 Å². The van der Waals surface area contributed by atoms with E-state index in [1.807, 2.05) is 31.3 Å². The van der Waals surface area contributed by atoms with E-state index < -0.39 is 0 Å². The Kier molecular flexibility index (Phi) is 6.37. The third kappa shape index (κ3) is 5.86. The van der Waals surface area contributed by atoms with Gasteiger partial charge in [0.05, 0.1) is 6.61 Å². The van der Waals surface area contributed by atoms with Gasteiger partial charge in [-0.15, -0.1) is 0 Å². The van der Waals surface area contributed by atoms with E-state index in [0.29, 0.717) is 6.61 Å². The average molecular weight is 293 g/mol. The van der Waals surface area contributed by atoms with Crippen molar-refractivity contribution in [1.29, 1.82) is 0 Å². The molecule has 1 amide bonds. The Morgan fingerprint density at radius 2 is 1.81 bits per heavy atom. The third-order valence-electron chi connectivity index (χ3n) is 3.48. The van der Waals surface area contributed by atoms with E-state index >= 15 is 0 Å². The van der Waals surface area contributed by atoms with Crippen LogP contribution in [0.1, 0.15) is 40.2 Å². The number of nitrogens with two attached hydrogens (primary N) is 1. The molecule has 0 fully saturated rings. The molecule has 0 spiro atoms. The van der Waals surface area contributed by atoms with Crippen LogP contribution in [0, 0.1) is 0 Å². The van der Waals surface area contributed by atoms with E-state index in [-0.39, 0.29) is 23.4 Å². The van der Waals surface area contributed by atoms with E-state index in [1.165, 1.54) is 5.56 Å². The number of anilines is 1. The van der Waals surface area contributed by atoms with Crippen molar-refractivity contribution < 1.29 is 14.8 Å². The smallest absolute Gasteiger partial charge is 0.282 e. The zero-order chi connectivity index (χ0) is 16.0. The Morgan fingerprint density at radius 3 is 2.29 bits per heavy atom. The van der Waals surface area contributed by atoms with Gasteiger partial charge in [0, 0.05) is 12.8 Å². The van der Waals surface area contributed by atoms with Crippen LogP contribution in [0.3, 0.4) is 0 Å². The average Bonchev–Trinajstić information content (AvgIpc) is 2.38. The van der Waals surface area contributed by atoms with Gasteiger partial charge in [0.1, 0.15) is 6.04 Å². The number of rotatable bonds is 6. The fourth-order valence-electron chi connectivity index (χ4n) is 2.21. The van der Waals surface area contributed by atoms with E-state index in [9.17, 15) is 4.79 Å². The first-order valence-electron chi connectivity index (χ1n) is 7.49. The molecule has 0 aliphatic carbocycles. The summed E-state index contributed by atoms with van der Waals surface area (Å²) in [5, 5.41) is 4.97. The minimum Gasteiger partial charge on any atom is -0.379 e. The fraction of sp³-hybridized carbons (Fsp3) is 0.588. The molecule has 1 aromatic carbocycles. The summed E-state index contributed by atoms with van der Waals surface area (Å²) in [7, 11) is 1.67. The molecule has 0 bridgehead atoms. The predicted molar refractivity (Wildman–Crippen MR) is 86.5 cm³/mol. The van der Waals surface area contributed by atoms with Crippen molar-refractivity contribution in [2.45, 2.75) is 52.1 Å². The lowest BCUT2D eigenvalue weighted by atomic mass is 9.87. The SMILES string of the molecule is COC[C@@H](C)[NH2+][C@H](C)C(=O)Nc1ccc(C(C)(C)C)cc1. The van der Waals surface area contributed by atoms with Crippen LogP contribution >= 0.6 is 0 Å². The Morgan fingerprint density at radius 1 is 1.24 bits per heavy atom. The Hall–Kier alpha value is -1.39. The van der Waals surface area contributed by atoms with Crippen LogP contribution in [-0.2, 0) is 14.9 Å². The highest BCUT2D eigenvalue weighted by molar-refractivity contribution is 5.93. The molecule has 0 aliphatic rings. The maximum Gasteiger partial charge on any atom is 0.282 e. The molecule has 118 valence electrons. The number of carbonyl (C=O) groups excluding carboxylic acids is 1.